The third kappa shape index (κ3) is 2.96. The first-order valence-corrected chi connectivity index (χ1v) is 3.70. The minimum absolute atomic E-state index is 0.710. The molecule has 0 spiro atoms. The van der Waals surface area contributed by atoms with Crippen molar-refractivity contribution >= 4 is 6.08 Å². The zero-order valence-corrected chi connectivity index (χ0v) is 6.40. The third-order valence-electron chi connectivity index (χ3n) is 1.35. The van der Waals surface area contributed by atoms with Crippen molar-refractivity contribution in [1.29, 1.82) is 0 Å². The average Bonchev–Trinajstić information content (AvgIpc) is 2.07. The summed E-state index contributed by atoms with van der Waals surface area (Å²) in [6, 6.07) is 3.93. The van der Waals surface area contributed by atoms with Crippen molar-refractivity contribution in [3.05, 3.63) is 36.2 Å². The van der Waals surface area contributed by atoms with Crippen molar-refractivity contribution in [3.63, 3.8) is 0 Å². The van der Waals surface area contributed by atoms with E-state index in [4.69, 9.17) is 5.73 Å². The second-order valence-electron chi connectivity index (χ2n) is 2.26. The quantitative estimate of drug-likeness (QED) is 0.704. The normalized spacial score (nSPS) is 10.6. The van der Waals surface area contributed by atoms with Crippen molar-refractivity contribution in [2.75, 3.05) is 6.54 Å². The van der Waals surface area contributed by atoms with E-state index in [0.29, 0.717) is 6.54 Å². The van der Waals surface area contributed by atoms with Gasteiger partial charge in [0.25, 0.3) is 0 Å². The molecule has 0 aromatic carbocycles. The van der Waals surface area contributed by atoms with E-state index in [1.807, 2.05) is 12.1 Å². The maximum absolute atomic E-state index is 5.33. The Balaban J connectivity index is 2.50. The molecule has 0 saturated heterocycles. The summed E-state index contributed by atoms with van der Waals surface area (Å²) in [5, 5.41) is 0. The largest absolute Gasteiger partial charge is 0.330 e. The minimum atomic E-state index is 0.710. The van der Waals surface area contributed by atoms with E-state index in [1.165, 1.54) is 5.56 Å². The Bertz CT molecular complexity index is 216. The monoisotopic (exact) mass is 148 g/mol. The van der Waals surface area contributed by atoms with Gasteiger partial charge in [-0.3, -0.25) is 4.98 Å². The highest BCUT2D eigenvalue weighted by Gasteiger charge is 1.81. The lowest BCUT2D eigenvalue weighted by atomic mass is 10.2. The Morgan fingerprint density at radius 3 is 2.73 bits per heavy atom. The van der Waals surface area contributed by atoms with Crippen LogP contribution in [0, 0.1) is 0 Å². The van der Waals surface area contributed by atoms with E-state index in [9.17, 15) is 0 Å². The Morgan fingerprint density at radius 2 is 2.09 bits per heavy atom. The number of aromatic nitrogens is 1. The molecule has 0 atom stereocenters. The Hall–Kier alpha value is -1.15. The van der Waals surface area contributed by atoms with Crippen LogP contribution in [0.4, 0.5) is 0 Å². The molecule has 0 radical (unpaired) electrons. The molecule has 1 aromatic heterocycles. The molecule has 1 aromatic rings. The van der Waals surface area contributed by atoms with Gasteiger partial charge in [0.1, 0.15) is 0 Å². The Labute approximate surface area is 66.8 Å². The number of nitrogens with zero attached hydrogens (tertiary/aromatic N) is 1. The SMILES string of the molecule is NCCC=Cc1ccncc1. The lowest BCUT2D eigenvalue weighted by Gasteiger charge is -1.89. The first-order chi connectivity index (χ1) is 5.43. The van der Waals surface area contributed by atoms with Crippen molar-refractivity contribution in [1.82, 2.24) is 4.98 Å². The highest BCUT2D eigenvalue weighted by Crippen LogP contribution is 1.99. The van der Waals surface area contributed by atoms with Gasteiger partial charge in [0, 0.05) is 12.4 Å². The van der Waals surface area contributed by atoms with Crippen LogP contribution in [0.5, 0.6) is 0 Å². The number of hydrogen-bond donors (Lipinski definition) is 1. The van der Waals surface area contributed by atoms with Gasteiger partial charge in [0.15, 0.2) is 0 Å². The molecule has 1 heterocycles. The zero-order chi connectivity index (χ0) is 7.94. The second-order valence-corrected chi connectivity index (χ2v) is 2.26. The van der Waals surface area contributed by atoms with Crippen molar-refractivity contribution in [2.45, 2.75) is 6.42 Å². The van der Waals surface area contributed by atoms with E-state index in [1.54, 1.807) is 12.4 Å². The lowest BCUT2D eigenvalue weighted by Crippen LogP contribution is -1.94. The first-order valence-electron chi connectivity index (χ1n) is 3.70. The molecular weight excluding hydrogens is 136 g/mol. The van der Waals surface area contributed by atoms with E-state index in [0.717, 1.165) is 6.42 Å². The van der Waals surface area contributed by atoms with Gasteiger partial charge >= 0.3 is 0 Å². The van der Waals surface area contributed by atoms with Crippen LogP contribution in [-0.4, -0.2) is 11.5 Å². The van der Waals surface area contributed by atoms with Crippen molar-refractivity contribution in [2.24, 2.45) is 5.73 Å². The number of pyridine rings is 1. The van der Waals surface area contributed by atoms with Crippen LogP contribution in [0.15, 0.2) is 30.6 Å². The molecule has 0 aliphatic carbocycles. The summed E-state index contributed by atoms with van der Waals surface area (Å²) in [6.07, 6.45) is 8.61. The molecule has 0 amide bonds. The van der Waals surface area contributed by atoms with E-state index in [-0.39, 0.29) is 0 Å². The van der Waals surface area contributed by atoms with Crippen LogP contribution in [0.2, 0.25) is 0 Å². The maximum atomic E-state index is 5.33. The van der Waals surface area contributed by atoms with Crippen molar-refractivity contribution < 1.29 is 0 Å². The summed E-state index contributed by atoms with van der Waals surface area (Å²) < 4.78 is 0. The molecule has 0 aliphatic heterocycles. The smallest absolute Gasteiger partial charge is 0.0273 e. The van der Waals surface area contributed by atoms with Gasteiger partial charge in [-0.15, -0.1) is 0 Å². The van der Waals surface area contributed by atoms with Gasteiger partial charge in [-0.2, -0.15) is 0 Å². The lowest BCUT2D eigenvalue weighted by molar-refractivity contribution is 1.01. The molecule has 0 bridgehead atoms. The van der Waals surface area contributed by atoms with E-state index < -0.39 is 0 Å². The zero-order valence-electron chi connectivity index (χ0n) is 6.40. The second kappa shape index (κ2) is 4.63. The van der Waals surface area contributed by atoms with E-state index in [2.05, 4.69) is 17.1 Å². The molecule has 2 heteroatoms. The van der Waals surface area contributed by atoms with Crippen LogP contribution in [0.25, 0.3) is 6.08 Å². The summed E-state index contributed by atoms with van der Waals surface area (Å²) in [6.45, 7) is 0.710. The maximum Gasteiger partial charge on any atom is 0.0273 e. The fraction of sp³-hybridized carbons (Fsp3) is 0.222. The fourth-order valence-corrected chi connectivity index (χ4v) is 0.790. The number of nitrogens with two attached hydrogens (primary N) is 1. The molecule has 2 nitrogen and oxygen atoms in total. The summed E-state index contributed by atoms with van der Waals surface area (Å²) >= 11 is 0. The summed E-state index contributed by atoms with van der Waals surface area (Å²) in [5.74, 6) is 0. The first kappa shape index (κ1) is 7.95. The predicted molar refractivity (Wildman–Crippen MR) is 46.9 cm³/mol. The minimum Gasteiger partial charge on any atom is -0.330 e. The highest BCUT2D eigenvalue weighted by atomic mass is 14.6. The van der Waals surface area contributed by atoms with Crippen LogP contribution >= 0.6 is 0 Å². The standard InChI is InChI=1S/C9H12N2/c10-6-2-1-3-9-4-7-11-8-5-9/h1,3-5,7-8H,2,6,10H2. The molecule has 0 unspecified atom stereocenters. The topological polar surface area (TPSA) is 38.9 Å². The molecule has 11 heavy (non-hydrogen) atoms. The van der Waals surface area contributed by atoms with Crippen LogP contribution in [-0.2, 0) is 0 Å². The van der Waals surface area contributed by atoms with Crippen LogP contribution in [0.3, 0.4) is 0 Å². The van der Waals surface area contributed by atoms with Crippen molar-refractivity contribution in [3.8, 4) is 0 Å². The van der Waals surface area contributed by atoms with Gasteiger partial charge < -0.3 is 5.73 Å². The molecule has 58 valence electrons. The Morgan fingerprint density at radius 1 is 1.36 bits per heavy atom. The average molecular weight is 148 g/mol. The summed E-state index contributed by atoms with van der Waals surface area (Å²) in [4.78, 5) is 3.92. The van der Waals surface area contributed by atoms with Gasteiger partial charge in [-0.25, -0.2) is 0 Å². The molecule has 2 N–H and O–H groups in total. The number of rotatable bonds is 3. The van der Waals surface area contributed by atoms with Gasteiger partial charge in [-0.1, -0.05) is 12.2 Å². The van der Waals surface area contributed by atoms with E-state index >= 15 is 0 Å². The third-order valence-corrected chi connectivity index (χ3v) is 1.35. The van der Waals surface area contributed by atoms with Crippen LogP contribution < -0.4 is 5.73 Å². The molecule has 0 saturated carbocycles. The van der Waals surface area contributed by atoms with Gasteiger partial charge in [-0.05, 0) is 30.7 Å². The van der Waals surface area contributed by atoms with Gasteiger partial charge in [0.2, 0.25) is 0 Å². The summed E-state index contributed by atoms with van der Waals surface area (Å²) in [7, 11) is 0. The van der Waals surface area contributed by atoms with Gasteiger partial charge in [0.05, 0.1) is 0 Å². The van der Waals surface area contributed by atoms with Crippen LogP contribution in [0.1, 0.15) is 12.0 Å². The highest BCUT2D eigenvalue weighted by molar-refractivity contribution is 5.47. The number of hydrogen-bond acceptors (Lipinski definition) is 2. The molecular formula is C9H12N2. The summed E-state index contributed by atoms with van der Waals surface area (Å²) in [5.41, 5.74) is 6.50. The molecule has 1 rings (SSSR count). The molecule has 0 aliphatic rings. The molecule has 0 fully saturated rings. The predicted octanol–water partition coefficient (Wildman–Crippen LogP) is 1.44. The Kier molecular flexibility index (Phi) is 3.35. The fourth-order valence-electron chi connectivity index (χ4n) is 0.790.